The Labute approximate surface area is 405 Å². The highest BCUT2D eigenvalue weighted by Crippen LogP contribution is 2.40. The van der Waals surface area contributed by atoms with E-state index < -0.39 is 73.2 Å². The predicted octanol–water partition coefficient (Wildman–Crippen LogP) is 8.41. The Bertz CT molecular complexity index is 3400. The van der Waals surface area contributed by atoms with Crippen molar-refractivity contribution in [3.05, 3.63) is 186 Å². The molecule has 7 aromatic rings. The lowest BCUT2D eigenvalue weighted by Gasteiger charge is -2.38. The third kappa shape index (κ3) is 8.37. The van der Waals surface area contributed by atoms with E-state index in [-0.39, 0.29) is 5.75 Å². The number of aliphatic hydroxyl groups is 7. The first-order chi connectivity index (χ1) is 34.7. The number of aromatic nitrogens is 4. The third-order valence-electron chi connectivity index (χ3n) is 12.8. The summed E-state index contributed by atoms with van der Waals surface area (Å²) in [6.07, 6.45) is -1.72. The van der Waals surface area contributed by atoms with Crippen LogP contribution >= 0.6 is 0 Å². The molecule has 356 valence electrons. The average Bonchev–Trinajstić information content (AvgIpc) is 4.26. The highest BCUT2D eigenvalue weighted by atomic mass is 16.7. The van der Waals surface area contributed by atoms with Gasteiger partial charge in [-0.05, 0) is 83.0 Å². The van der Waals surface area contributed by atoms with Crippen LogP contribution in [-0.4, -0.2) is 106 Å². The first kappa shape index (κ1) is 45.0. The second-order valence-corrected chi connectivity index (χ2v) is 17.2. The zero-order chi connectivity index (χ0) is 48.8. The maximum absolute atomic E-state index is 11.2. The van der Waals surface area contributed by atoms with Gasteiger partial charge in [-0.3, -0.25) is 0 Å². The van der Waals surface area contributed by atoms with Crippen LogP contribution in [0, 0.1) is 0 Å². The number of aliphatic hydroxyl groups excluding tert-OH is 7. The average molecular weight is 951 g/mol. The van der Waals surface area contributed by atoms with Gasteiger partial charge in [0.2, 0.25) is 11.5 Å². The summed E-state index contributed by atoms with van der Waals surface area (Å²) in [6, 6.07) is 45.6. The van der Waals surface area contributed by atoms with Gasteiger partial charge >= 0.3 is 11.9 Å². The van der Waals surface area contributed by atoms with E-state index in [1.165, 1.54) is 0 Å². The number of benzene rings is 4. The molecule has 4 aliphatic heterocycles. The van der Waals surface area contributed by atoms with E-state index >= 15 is 0 Å². The van der Waals surface area contributed by atoms with E-state index in [2.05, 4.69) is 70.7 Å². The van der Waals surface area contributed by atoms with Crippen molar-refractivity contribution in [2.45, 2.75) is 36.6 Å². The van der Waals surface area contributed by atoms with Crippen LogP contribution in [-0.2, 0) is 14.2 Å². The topological polar surface area (TPSA) is 236 Å². The van der Waals surface area contributed by atoms with Gasteiger partial charge in [-0.2, -0.15) is 0 Å². The number of nitrogens with one attached hydrogen (secondary N) is 2. The van der Waals surface area contributed by atoms with Crippen molar-refractivity contribution in [2.75, 3.05) is 13.2 Å². The Kier molecular flexibility index (Phi) is 11.9. The Morgan fingerprint density at radius 3 is 1.24 bits per heavy atom. The van der Waals surface area contributed by atoms with Crippen LogP contribution in [0.3, 0.4) is 0 Å². The molecule has 0 amide bonds. The largest absolute Gasteiger partial charge is 0.504 e. The number of ether oxygens (including phenoxy) is 4. The summed E-state index contributed by atoms with van der Waals surface area (Å²) in [5.74, 6) is -2.79. The molecule has 9 N–H and O–H groups in total. The second kappa shape index (κ2) is 18.8. The zero-order valence-corrected chi connectivity index (χ0v) is 37.6. The van der Waals surface area contributed by atoms with Crippen LogP contribution in [0.1, 0.15) is 22.8 Å². The maximum Gasteiger partial charge on any atom is 0.327 e. The number of fused-ring (bicyclic) bond motifs is 8. The number of rotatable bonds is 10. The smallest absolute Gasteiger partial charge is 0.327 e. The van der Waals surface area contributed by atoms with E-state index in [1.807, 2.05) is 91.0 Å². The first-order valence-corrected chi connectivity index (χ1v) is 22.9. The molecule has 0 radical (unpaired) electrons. The molecule has 7 heterocycles. The summed E-state index contributed by atoms with van der Waals surface area (Å²) in [5.41, 5.74) is 13.5. The van der Waals surface area contributed by atoms with Crippen molar-refractivity contribution in [1.29, 1.82) is 0 Å². The molecule has 15 heteroatoms. The van der Waals surface area contributed by atoms with E-state index in [0.29, 0.717) is 5.69 Å². The van der Waals surface area contributed by atoms with Crippen molar-refractivity contribution >= 4 is 46.4 Å². The molecule has 71 heavy (non-hydrogen) atoms. The molecular weight excluding hydrogens is 905 g/mol. The molecule has 0 spiro atoms. The fourth-order valence-electron chi connectivity index (χ4n) is 9.24. The Hall–Kier alpha value is -8.44. The van der Waals surface area contributed by atoms with Gasteiger partial charge in [0.15, 0.2) is 24.4 Å². The van der Waals surface area contributed by atoms with Gasteiger partial charge in [0.25, 0.3) is 0 Å². The van der Waals surface area contributed by atoms with Gasteiger partial charge in [0.05, 0.1) is 36.0 Å². The summed E-state index contributed by atoms with van der Waals surface area (Å²) >= 11 is 0. The van der Waals surface area contributed by atoms with Crippen LogP contribution in [0.25, 0.3) is 90.9 Å². The SMILES string of the molecule is OCC1OC(O[C@@H]2C(CO)OC(Oc3ccc(-c4c5nc(c(-c6ccccc6)c6ccc([nH]6)c(-c6ccccc6)c6nc(c(-c7ccccc7)c7ccc4[nH]7)C=C6)C=C5)cc3)=C(O)C2O)=C(O)C(O)[C@H]1O. The number of H-pyrrole nitrogens is 2. The fraction of sp³-hybridized carbons (Fsp3) is 0.143. The van der Waals surface area contributed by atoms with Crippen LogP contribution in [0.4, 0.5) is 0 Å². The van der Waals surface area contributed by atoms with Crippen LogP contribution in [0.5, 0.6) is 5.75 Å². The molecule has 4 aliphatic rings. The van der Waals surface area contributed by atoms with Crippen molar-refractivity contribution in [1.82, 2.24) is 19.9 Å². The number of nitrogens with zero attached hydrogens (tertiary/aromatic N) is 2. The minimum atomic E-state index is -1.89. The fourth-order valence-corrected chi connectivity index (χ4v) is 9.24. The van der Waals surface area contributed by atoms with Gasteiger partial charge in [-0.1, -0.05) is 103 Å². The monoisotopic (exact) mass is 950 g/mol. The summed E-state index contributed by atoms with van der Waals surface area (Å²) < 4.78 is 22.6. The van der Waals surface area contributed by atoms with E-state index in [0.717, 1.165) is 83.7 Å². The molecule has 11 rings (SSSR count). The summed E-state index contributed by atoms with van der Waals surface area (Å²) in [6.45, 7) is -1.51. The lowest BCUT2D eigenvalue weighted by atomic mass is 10.0. The molecule has 4 unspecified atom stereocenters. The van der Waals surface area contributed by atoms with E-state index in [4.69, 9.17) is 28.9 Å². The van der Waals surface area contributed by atoms with Gasteiger partial charge in [-0.15, -0.1) is 0 Å². The lowest BCUT2D eigenvalue weighted by Crippen LogP contribution is -2.51. The van der Waals surface area contributed by atoms with Crippen LogP contribution in [0.15, 0.2) is 163 Å². The molecule has 0 saturated carbocycles. The zero-order valence-electron chi connectivity index (χ0n) is 37.6. The lowest BCUT2D eigenvalue weighted by molar-refractivity contribution is -0.196. The minimum Gasteiger partial charge on any atom is -0.504 e. The number of hydrogen-bond acceptors (Lipinski definition) is 13. The molecule has 0 aliphatic carbocycles. The molecular formula is C56H46N4O11. The van der Waals surface area contributed by atoms with E-state index in [9.17, 15) is 35.7 Å². The number of aromatic amines is 2. The van der Waals surface area contributed by atoms with Crippen molar-refractivity contribution in [3.8, 4) is 50.3 Å². The van der Waals surface area contributed by atoms with Crippen LogP contribution < -0.4 is 4.74 Å². The highest BCUT2D eigenvalue weighted by molar-refractivity contribution is 5.99. The summed E-state index contributed by atoms with van der Waals surface area (Å²) in [4.78, 5) is 18.2. The third-order valence-corrected chi connectivity index (χ3v) is 12.8. The molecule has 0 fully saturated rings. The molecule has 8 bridgehead atoms. The second-order valence-electron chi connectivity index (χ2n) is 17.2. The van der Waals surface area contributed by atoms with Crippen LogP contribution in [0.2, 0.25) is 0 Å². The maximum atomic E-state index is 11.2. The van der Waals surface area contributed by atoms with Gasteiger partial charge in [-0.25, -0.2) is 9.97 Å². The van der Waals surface area contributed by atoms with Gasteiger partial charge in [0.1, 0.15) is 18.0 Å². The van der Waals surface area contributed by atoms with Crippen molar-refractivity contribution in [3.63, 3.8) is 0 Å². The first-order valence-electron chi connectivity index (χ1n) is 22.9. The summed E-state index contributed by atoms with van der Waals surface area (Å²) in [7, 11) is 0. The predicted molar refractivity (Wildman–Crippen MR) is 267 cm³/mol. The van der Waals surface area contributed by atoms with E-state index in [1.54, 1.807) is 12.1 Å². The quantitative estimate of drug-likeness (QED) is 0.0627. The standard InChI is InChI=1S/C56H46N4O11/c61-28-43-49(63)50(64)52(66)56(69-43)71-54-44(29-62)70-55(53(67)51(54)65)68-34-18-16-33(17-19-34)48-41-26-24-39(59-41)46(31-12-6-2-7-13-31)37-22-20-35(57-37)45(30-10-4-1-5-11-30)36-21-23-38(58-36)47(32-14-8-3-9-15-32)40-25-27-42(48)60-40/h1-27,43-44,49-51,54,57,60-67H,28-29H2/t43?,44?,49-,50?,51?,54+/m0/s1. The van der Waals surface area contributed by atoms with Gasteiger partial charge < -0.3 is 64.7 Å². The van der Waals surface area contributed by atoms with Gasteiger partial charge in [0, 0.05) is 44.3 Å². The Morgan fingerprint density at radius 2 is 0.831 bits per heavy atom. The molecule has 15 nitrogen and oxygen atoms in total. The Morgan fingerprint density at radius 1 is 0.451 bits per heavy atom. The molecule has 6 atom stereocenters. The Balaban J connectivity index is 1.04. The van der Waals surface area contributed by atoms with Crippen molar-refractivity contribution in [2.24, 2.45) is 0 Å². The number of hydrogen-bond donors (Lipinski definition) is 9. The minimum absolute atomic E-state index is 0.196. The normalized spacial score (nSPS) is 20.7. The highest BCUT2D eigenvalue weighted by Gasteiger charge is 2.46. The summed E-state index contributed by atoms with van der Waals surface area (Å²) in [5, 5.41) is 73.0. The molecule has 3 aromatic heterocycles. The van der Waals surface area contributed by atoms with Crippen molar-refractivity contribution < 1.29 is 54.7 Å². The molecule has 4 aromatic carbocycles. The molecule has 0 saturated heterocycles.